The van der Waals surface area contributed by atoms with Crippen LogP contribution >= 0.6 is 0 Å². The van der Waals surface area contributed by atoms with Crippen LogP contribution in [0.4, 0.5) is 0 Å². The van der Waals surface area contributed by atoms with Gasteiger partial charge in [0.05, 0.1) is 24.2 Å². The van der Waals surface area contributed by atoms with Gasteiger partial charge in [-0.3, -0.25) is 29.2 Å². The minimum Gasteiger partial charge on any atom is -0.507 e. The summed E-state index contributed by atoms with van der Waals surface area (Å²) in [7, 11) is 0. The van der Waals surface area contributed by atoms with Crippen LogP contribution in [-0.4, -0.2) is 73.2 Å². The molecular weight excluding hydrogens is 440 g/mol. The van der Waals surface area contributed by atoms with Crippen LogP contribution in [0.25, 0.3) is 0 Å². The van der Waals surface area contributed by atoms with E-state index in [1.165, 1.54) is 12.4 Å². The molecule has 0 aromatic heterocycles. The van der Waals surface area contributed by atoms with Crippen molar-refractivity contribution in [2.45, 2.75) is 13.8 Å². The Morgan fingerprint density at radius 2 is 1.09 bits per heavy atom. The second-order valence-corrected chi connectivity index (χ2v) is 7.40. The number of nitrogens with zero attached hydrogens (tertiary/aromatic N) is 2. The van der Waals surface area contributed by atoms with Crippen molar-refractivity contribution in [2.75, 3.05) is 26.2 Å². The molecule has 0 saturated carbocycles. The molecule has 0 unspecified atom stereocenters. The fraction of sp³-hybridized carbons (Fsp3) is 0.250. The Bertz CT molecular complexity index is 1050. The van der Waals surface area contributed by atoms with Gasteiger partial charge in [-0.15, -0.1) is 0 Å². The standard InChI is InChI=1S/C24H26N4O6/c1-15-7-17(21(31)19(9-15)13-29)11-25-3-5-27-23(33)24(34)28-6-4-26-12-18-8-16(2)10-20(14-30)22(18)32/h7-14,31-32H,3-6H2,1-2H3,(H,27,33)(H,28,34). The summed E-state index contributed by atoms with van der Waals surface area (Å²) >= 11 is 0. The molecule has 0 fully saturated rings. The number of hydrogen-bond donors (Lipinski definition) is 4. The van der Waals surface area contributed by atoms with Gasteiger partial charge < -0.3 is 20.8 Å². The summed E-state index contributed by atoms with van der Waals surface area (Å²) < 4.78 is 0. The molecule has 0 heterocycles. The fourth-order valence-corrected chi connectivity index (χ4v) is 3.00. The zero-order chi connectivity index (χ0) is 25.1. The molecule has 0 aliphatic heterocycles. The highest BCUT2D eigenvalue weighted by atomic mass is 16.3. The Kier molecular flexibility index (Phi) is 9.63. The van der Waals surface area contributed by atoms with E-state index in [0.717, 1.165) is 11.1 Å². The van der Waals surface area contributed by atoms with E-state index in [1.54, 1.807) is 38.1 Å². The Labute approximate surface area is 196 Å². The quantitative estimate of drug-likeness (QED) is 0.178. The van der Waals surface area contributed by atoms with Gasteiger partial charge in [-0.05, 0) is 49.2 Å². The molecular formula is C24H26N4O6. The van der Waals surface area contributed by atoms with Crippen molar-refractivity contribution in [3.8, 4) is 11.5 Å². The average Bonchev–Trinajstić information content (AvgIpc) is 2.81. The van der Waals surface area contributed by atoms with Gasteiger partial charge in [-0.2, -0.15) is 0 Å². The molecule has 0 spiro atoms. The largest absolute Gasteiger partial charge is 0.507 e. The molecule has 2 rings (SSSR count). The summed E-state index contributed by atoms with van der Waals surface area (Å²) in [5, 5.41) is 24.8. The molecule has 4 N–H and O–H groups in total. The van der Waals surface area contributed by atoms with Crippen LogP contribution < -0.4 is 10.6 Å². The zero-order valence-corrected chi connectivity index (χ0v) is 18.9. The lowest BCUT2D eigenvalue weighted by atomic mass is 10.1. The maximum absolute atomic E-state index is 11.8. The average molecular weight is 466 g/mol. The molecule has 0 saturated heterocycles. The third-order valence-corrected chi connectivity index (χ3v) is 4.60. The maximum Gasteiger partial charge on any atom is 0.309 e. The number of carbonyl (C=O) groups is 4. The van der Waals surface area contributed by atoms with E-state index in [4.69, 9.17) is 0 Å². The summed E-state index contributed by atoms with van der Waals surface area (Å²) in [4.78, 5) is 53.7. The van der Waals surface area contributed by atoms with Crippen molar-refractivity contribution in [2.24, 2.45) is 9.98 Å². The van der Waals surface area contributed by atoms with Crippen LogP contribution in [0.2, 0.25) is 0 Å². The lowest BCUT2D eigenvalue weighted by molar-refractivity contribution is -0.139. The molecule has 0 aliphatic rings. The molecule has 0 aliphatic carbocycles. The number of aliphatic imine (C=N–C) groups is 2. The number of amides is 2. The Morgan fingerprint density at radius 1 is 0.735 bits per heavy atom. The van der Waals surface area contributed by atoms with Crippen LogP contribution in [0.1, 0.15) is 43.0 Å². The highest BCUT2D eigenvalue weighted by molar-refractivity contribution is 6.35. The van der Waals surface area contributed by atoms with E-state index in [-0.39, 0.29) is 48.8 Å². The van der Waals surface area contributed by atoms with Crippen molar-refractivity contribution >= 4 is 36.8 Å². The predicted octanol–water partition coefficient (Wildman–Crippen LogP) is 1.11. The molecule has 2 amide bonds. The lowest BCUT2D eigenvalue weighted by Crippen LogP contribution is -2.41. The first-order valence-corrected chi connectivity index (χ1v) is 10.4. The second kappa shape index (κ2) is 12.6. The van der Waals surface area contributed by atoms with Gasteiger partial charge in [0.2, 0.25) is 0 Å². The number of phenolic OH excluding ortho intramolecular Hbond substituents is 2. The second-order valence-electron chi connectivity index (χ2n) is 7.40. The maximum atomic E-state index is 11.8. The number of rotatable bonds is 10. The van der Waals surface area contributed by atoms with Gasteiger partial charge in [0.15, 0.2) is 12.6 Å². The number of aldehydes is 2. The minimum absolute atomic E-state index is 0.0969. The normalized spacial score (nSPS) is 11.0. The van der Waals surface area contributed by atoms with Gasteiger partial charge in [0, 0.05) is 36.6 Å². The van der Waals surface area contributed by atoms with E-state index in [1.807, 2.05) is 0 Å². The first kappa shape index (κ1) is 25.9. The highest BCUT2D eigenvalue weighted by Crippen LogP contribution is 2.22. The van der Waals surface area contributed by atoms with Gasteiger partial charge in [0.1, 0.15) is 11.5 Å². The van der Waals surface area contributed by atoms with Crippen LogP contribution in [0, 0.1) is 13.8 Å². The third kappa shape index (κ3) is 7.37. The van der Waals surface area contributed by atoms with Crippen molar-refractivity contribution in [3.05, 3.63) is 57.6 Å². The van der Waals surface area contributed by atoms with Crippen LogP contribution in [-0.2, 0) is 9.59 Å². The smallest absolute Gasteiger partial charge is 0.309 e. The summed E-state index contributed by atoms with van der Waals surface area (Å²) in [5.41, 5.74) is 2.67. The molecule has 2 aromatic carbocycles. The number of phenols is 2. The predicted molar refractivity (Wildman–Crippen MR) is 127 cm³/mol. The van der Waals surface area contributed by atoms with Crippen molar-refractivity contribution < 1.29 is 29.4 Å². The van der Waals surface area contributed by atoms with Gasteiger partial charge in [0.25, 0.3) is 0 Å². The molecule has 0 radical (unpaired) electrons. The van der Waals surface area contributed by atoms with E-state index in [0.29, 0.717) is 23.7 Å². The monoisotopic (exact) mass is 466 g/mol. The van der Waals surface area contributed by atoms with Gasteiger partial charge >= 0.3 is 11.8 Å². The zero-order valence-electron chi connectivity index (χ0n) is 18.9. The minimum atomic E-state index is -0.826. The molecule has 10 heteroatoms. The highest BCUT2D eigenvalue weighted by Gasteiger charge is 2.11. The molecule has 178 valence electrons. The number of hydrogen-bond acceptors (Lipinski definition) is 8. The summed E-state index contributed by atoms with van der Waals surface area (Å²) in [6, 6.07) is 6.45. The SMILES string of the molecule is Cc1cc(C=O)c(O)c(C=NCCNC(=O)C(=O)NCCN=Cc2cc(C)cc(C=O)c2O)c1. The van der Waals surface area contributed by atoms with Crippen LogP contribution in [0.15, 0.2) is 34.3 Å². The van der Waals surface area contributed by atoms with Crippen LogP contribution in [0.3, 0.4) is 0 Å². The summed E-state index contributed by atoms with van der Waals surface area (Å²) in [6.45, 7) is 4.08. The topological polar surface area (TPSA) is 158 Å². The first-order valence-electron chi connectivity index (χ1n) is 10.4. The first-order chi connectivity index (χ1) is 16.3. The van der Waals surface area contributed by atoms with Crippen LogP contribution in [0.5, 0.6) is 11.5 Å². The Morgan fingerprint density at radius 3 is 1.44 bits per heavy atom. The van der Waals surface area contributed by atoms with Crippen molar-refractivity contribution in [1.82, 2.24) is 10.6 Å². The van der Waals surface area contributed by atoms with Gasteiger partial charge in [-0.25, -0.2) is 0 Å². The summed E-state index contributed by atoms with van der Waals surface area (Å²) in [5.74, 6) is -1.99. The number of nitrogens with one attached hydrogen (secondary N) is 2. The molecule has 2 aromatic rings. The number of benzene rings is 2. The molecule has 0 bridgehead atoms. The van der Waals surface area contributed by atoms with Gasteiger partial charge in [-0.1, -0.05) is 0 Å². The molecule has 34 heavy (non-hydrogen) atoms. The third-order valence-electron chi connectivity index (χ3n) is 4.60. The fourth-order valence-electron chi connectivity index (χ4n) is 3.00. The van der Waals surface area contributed by atoms with E-state index < -0.39 is 11.8 Å². The van der Waals surface area contributed by atoms with E-state index >= 15 is 0 Å². The van der Waals surface area contributed by atoms with E-state index in [2.05, 4.69) is 20.6 Å². The Balaban J connectivity index is 1.73. The van der Waals surface area contributed by atoms with Crippen molar-refractivity contribution in [1.29, 1.82) is 0 Å². The lowest BCUT2D eigenvalue weighted by Gasteiger charge is -2.06. The Hall–Kier alpha value is -4.34. The number of carbonyl (C=O) groups excluding carboxylic acids is 4. The van der Waals surface area contributed by atoms with E-state index in [9.17, 15) is 29.4 Å². The summed E-state index contributed by atoms with van der Waals surface area (Å²) in [6.07, 6.45) is 3.90. The number of aryl methyl sites for hydroxylation is 2. The van der Waals surface area contributed by atoms with Crippen molar-refractivity contribution in [3.63, 3.8) is 0 Å². The number of aromatic hydroxyl groups is 2. The molecule has 0 atom stereocenters. The molecule has 10 nitrogen and oxygen atoms in total.